The van der Waals surface area contributed by atoms with Gasteiger partial charge in [0.05, 0.1) is 14.2 Å². The summed E-state index contributed by atoms with van der Waals surface area (Å²) in [6, 6.07) is 13.3. The third kappa shape index (κ3) is 6.27. The zero-order valence-electron chi connectivity index (χ0n) is 18.0. The number of rotatable bonds is 9. The Bertz CT molecular complexity index is 891. The number of carbonyl (C=O) groups excluding carboxylic acids is 2. The van der Waals surface area contributed by atoms with Gasteiger partial charge < -0.3 is 24.0 Å². The number of para-hydroxylation sites is 1. The van der Waals surface area contributed by atoms with E-state index < -0.39 is 5.97 Å². The summed E-state index contributed by atoms with van der Waals surface area (Å²) in [5, 5.41) is 0. The first kappa shape index (κ1) is 22.8. The zero-order chi connectivity index (χ0) is 22.1. The molecule has 0 fully saturated rings. The van der Waals surface area contributed by atoms with E-state index in [4.69, 9.17) is 14.2 Å². The lowest BCUT2D eigenvalue weighted by Gasteiger charge is -2.18. The maximum absolute atomic E-state index is 12.3. The molecular weight excluding hydrogens is 384 g/mol. The second-order valence-corrected chi connectivity index (χ2v) is 6.83. The molecule has 30 heavy (non-hydrogen) atoms. The number of nitrogens with zero attached hydrogens (tertiary/aromatic N) is 2. The molecule has 0 bridgehead atoms. The van der Waals surface area contributed by atoms with Crippen molar-refractivity contribution in [2.75, 3.05) is 46.9 Å². The predicted octanol–water partition coefficient (Wildman–Crippen LogP) is 2.98. The molecule has 7 nitrogen and oxygen atoms in total. The van der Waals surface area contributed by atoms with Crippen LogP contribution in [0.5, 0.6) is 11.5 Å². The van der Waals surface area contributed by atoms with Crippen LogP contribution in [-0.4, -0.2) is 58.7 Å². The minimum Gasteiger partial charge on any atom is -0.493 e. The van der Waals surface area contributed by atoms with Crippen LogP contribution < -0.4 is 14.4 Å². The Labute approximate surface area is 177 Å². The molecule has 0 saturated carbocycles. The predicted molar refractivity (Wildman–Crippen MR) is 117 cm³/mol. The maximum Gasteiger partial charge on any atom is 0.331 e. The first-order chi connectivity index (χ1) is 14.3. The number of benzene rings is 2. The highest BCUT2D eigenvalue weighted by molar-refractivity contribution is 5.89. The Morgan fingerprint density at radius 1 is 0.967 bits per heavy atom. The van der Waals surface area contributed by atoms with E-state index in [-0.39, 0.29) is 12.5 Å². The summed E-state index contributed by atoms with van der Waals surface area (Å²) in [6.07, 6.45) is 2.81. The first-order valence-corrected chi connectivity index (χ1v) is 9.41. The van der Waals surface area contributed by atoms with Crippen molar-refractivity contribution in [3.63, 3.8) is 0 Å². The highest BCUT2D eigenvalue weighted by Crippen LogP contribution is 2.31. The van der Waals surface area contributed by atoms with Gasteiger partial charge in [-0.15, -0.1) is 0 Å². The number of hydrogen-bond donors (Lipinski definition) is 0. The van der Waals surface area contributed by atoms with E-state index >= 15 is 0 Å². The molecule has 0 unspecified atom stereocenters. The van der Waals surface area contributed by atoms with Gasteiger partial charge in [-0.2, -0.15) is 0 Å². The molecule has 0 aromatic heterocycles. The van der Waals surface area contributed by atoms with E-state index in [0.29, 0.717) is 23.6 Å². The van der Waals surface area contributed by atoms with Crippen molar-refractivity contribution < 1.29 is 23.8 Å². The summed E-state index contributed by atoms with van der Waals surface area (Å²) in [7, 11) is 8.68. The van der Waals surface area contributed by atoms with Gasteiger partial charge >= 0.3 is 5.97 Å². The number of anilines is 1. The van der Waals surface area contributed by atoms with Crippen molar-refractivity contribution >= 4 is 23.6 Å². The molecule has 0 aliphatic carbocycles. The molecule has 0 aliphatic heterocycles. The summed E-state index contributed by atoms with van der Waals surface area (Å²) in [6.45, 7) is 0.103. The van der Waals surface area contributed by atoms with Crippen molar-refractivity contribution in [3.05, 3.63) is 59.7 Å². The largest absolute Gasteiger partial charge is 0.493 e. The smallest absolute Gasteiger partial charge is 0.331 e. The third-order valence-electron chi connectivity index (χ3n) is 4.47. The average Bonchev–Trinajstić information content (AvgIpc) is 2.75. The number of hydrogen-bond acceptors (Lipinski definition) is 6. The van der Waals surface area contributed by atoms with Crippen LogP contribution in [0.2, 0.25) is 0 Å². The van der Waals surface area contributed by atoms with Crippen LogP contribution >= 0.6 is 0 Å². The van der Waals surface area contributed by atoms with Crippen LogP contribution in [0.1, 0.15) is 11.1 Å². The van der Waals surface area contributed by atoms with Gasteiger partial charge in [0.1, 0.15) is 0 Å². The lowest BCUT2D eigenvalue weighted by Crippen LogP contribution is -2.30. The highest BCUT2D eigenvalue weighted by atomic mass is 16.5. The molecular formula is C23H28N2O5. The molecule has 2 aromatic rings. The maximum atomic E-state index is 12.3. The van der Waals surface area contributed by atoms with Crippen LogP contribution in [0.25, 0.3) is 6.08 Å². The van der Waals surface area contributed by atoms with Gasteiger partial charge in [0, 0.05) is 45.0 Å². The molecule has 160 valence electrons. The fourth-order valence-electron chi connectivity index (χ4n) is 2.75. The zero-order valence-corrected chi connectivity index (χ0v) is 18.0. The van der Waals surface area contributed by atoms with E-state index in [9.17, 15) is 9.59 Å². The Morgan fingerprint density at radius 3 is 2.27 bits per heavy atom. The minimum absolute atomic E-state index is 0.285. The van der Waals surface area contributed by atoms with E-state index in [1.165, 1.54) is 18.1 Å². The molecule has 0 N–H and O–H groups in total. The van der Waals surface area contributed by atoms with Crippen LogP contribution in [0.3, 0.4) is 0 Å². The third-order valence-corrected chi connectivity index (χ3v) is 4.47. The fourth-order valence-corrected chi connectivity index (χ4v) is 2.75. The molecule has 0 atom stereocenters. The van der Waals surface area contributed by atoms with Crippen molar-refractivity contribution in [3.8, 4) is 11.5 Å². The fraction of sp³-hybridized carbons (Fsp3) is 0.304. The van der Waals surface area contributed by atoms with Crippen molar-refractivity contribution in [1.82, 2.24) is 4.90 Å². The molecule has 1 amide bonds. The van der Waals surface area contributed by atoms with E-state index in [1.807, 2.05) is 43.3 Å². The number of carbonyl (C=O) groups is 2. The standard InChI is InChI=1S/C23H28N2O5/c1-24(2)19-12-9-17(10-13-19)15-25(3)21(26)16-30-22(27)14-11-18-7-6-8-20(28-4)23(18)29-5/h6-14H,15-16H2,1-5H3/b14-11+. The highest BCUT2D eigenvalue weighted by Gasteiger charge is 2.12. The SMILES string of the molecule is COc1cccc(/C=C/C(=O)OCC(=O)N(C)Cc2ccc(N(C)C)cc2)c1OC. The van der Waals surface area contributed by atoms with Crippen LogP contribution in [0.4, 0.5) is 5.69 Å². The summed E-state index contributed by atoms with van der Waals surface area (Å²) in [5.41, 5.74) is 2.74. The van der Waals surface area contributed by atoms with Gasteiger partial charge in [0.2, 0.25) is 0 Å². The molecule has 0 spiro atoms. The molecule has 2 aromatic carbocycles. The van der Waals surface area contributed by atoms with Crippen LogP contribution in [0.15, 0.2) is 48.5 Å². The minimum atomic E-state index is -0.614. The summed E-state index contributed by atoms with van der Waals surface area (Å²) in [4.78, 5) is 27.8. The lowest BCUT2D eigenvalue weighted by molar-refractivity contribution is -0.147. The topological polar surface area (TPSA) is 68.3 Å². The molecule has 2 rings (SSSR count). The number of amides is 1. The van der Waals surface area contributed by atoms with Crippen LogP contribution in [0, 0.1) is 0 Å². The quantitative estimate of drug-likeness (QED) is 0.466. The molecule has 0 saturated heterocycles. The van der Waals surface area contributed by atoms with Gasteiger partial charge in [0.25, 0.3) is 5.91 Å². The molecule has 7 heteroatoms. The van der Waals surface area contributed by atoms with Gasteiger partial charge in [-0.3, -0.25) is 4.79 Å². The summed E-state index contributed by atoms with van der Waals surface area (Å²) in [5.74, 6) is 0.174. The number of methoxy groups -OCH3 is 2. The summed E-state index contributed by atoms with van der Waals surface area (Å²) >= 11 is 0. The average molecular weight is 412 g/mol. The second-order valence-electron chi connectivity index (χ2n) is 6.83. The molecule has 0 heterocycles. The van der Waals surface area contributed by atoms with Crippen molar-refractivity contribution in [2.45, 2.75) is 6.54 Å². The van der Waals surface area contributed by atoms with E-state index in [2.05, 4.69) is 0 Å². The van der Waals surface area contributed by atoms with Gasteiger partial charge in [-0.25, -0.2) is 4.79 Å². The molecule has 0 radical (unpaired) electrons. The van der Waals surface area contributed by atoms with Crippen molar-refractivity contribution in [2.24, 2.45) is 0 Å². The van der Waals surface area contributed by atoms with Gasteiger partial charge in [0.15, 0.2) is 18.1 Å². The molecule has 0 aliphatic rings. The van der Waals surface area contributed by atoms with E-state index in [0.717, 1.165) is 11.3 Å². The Morgan fingerprint density at radius 2 is 1.67 bits per heavy atom. The second kappa shape index (κ2) is 10.9. The van der Waals surface area contributed by atoms with Gasteiger partial charge in [-0.1, -0.05) is 24.3 Å². The Hall–Kier alpha value is -3.48. The normalized spacial score (nSPS) is 10.6. The number of ether oxygens (including phenoxy) is 3. The Kier molecular flexibility index (Phi) is 8.29. The Balaban J connectivity index is 1.88. The summed E-state index contributed by atoms with van der Waals surface area (Å²) < 4.78 is 15.6. The number of esters is 1. The lowest BCUT2D eigenvalue weighted by atomic mass is 10.1. The van der Waals surface area contributed by atoms with Crippen LogP contribution in [-0.2, 0) is 20.9 Å². The first-order valence-electron chi connectivity index (χ1n) is 9.41. The van der Waals surface area contributed by atoms with Crippen molar-refractivity contribution in [1.29, 1.82) is 0 Å². The van der Waals surface area contributed by atoms with E-state index in [1.54, 1.807) is 38.4 Å². The number of likely N-dealkylation sites (N-methyl/N-ethyl adjacent to an activating group) is 1. The monoisotopic (exact) mass is 412 g/mol. The van der Waals surface area contributed by atoms with Gasteiger partial charge in [-0.05, 0) is 29.8 Å².